The predicted octanol–water partition coefficient (Wildman–Crippen LogP) is 4.40. The van der Waals surface area contributed by atoms with E-state index in [0.29, 0.717) is 29.3 Å². The van der Waals surface area contributed by atoms with Gasteiger partial charge in [0.15, 0.2) is 5.82 Å². The van der Waals surface area contributed by atoms with Crippen LogP contribution in [0.2, 0.25) is 0 Å². The average molecular weight is 404 g/mol. The van der Waals surface area contributed by atoms with Crippen LogP contribution >= 0.6 is 0 Å². The Hall–Kier alpha value is -2.94. The standard InChI is InChI=1S/C20H19F3N4O2/c1-19(2)16(6-8-29-19)25-18-14-10-24-7-5-12(14)17(26-27-18)13-4-3-11(9-15(13)28)20(21,22)23/h3-5,7,9-10,16,28H,6,8H2,1-2H3,(H,25,27). The first-order valence-electron chi connectivity index (χ1n) is 9.08. The van der Waals surface area contributed by atoms with E-state index in [-0.39, 0.29) is 22.9 Å². The number of hydrogen-bond donors (Lipinski definition) is 2. The predicted molar refractivity (Wildman–Crippen MR) is 101 cm³/mol. The van der Waals surface area contributed by atoms with Crippen LogP contribution in [0.4, 0.5) is 19.0 Å². The number of ether oxygens (including phenoxy) is 1. The first-order chi connectivity index (χ1) is 13.7. The van der Waals surface area contributed by atoms with Gasteiger partial charge in [-0.25, -0.2) is 0 Å². The van der Waals surface area contributed by atoms with Crippen LogP contribution in [0, 0.1) is 0 Å². The number of nitrogens with zero attached hydrogens (tertiary/aromatic N) is 3. The Morgan fingerprint density at radius 1 is 1.17 bits per heavy atom. The number of nitrogens with one attached hydrogen (secondary N) is 1. The molecule has 0 bridgehead atoms. The molecule has 1 fully saturated rings. The summed E-state index contributed by atoms with van der Waals surface area (Å²) in [5.41, 5.74) is -0.862. The number of fused-ring (bicyclic) bond motifs is 1. The van der Waals surface area contributed by atoms with Crippen LogP contribution in [-0.4, -0.2) is 38.5 Å². The fraction of sp³-hybridized carbons (Fsp3) is 0.350. The number of benzene rings is 1. The quantitative estimate of drug-likeness (QED) is 0.674. The van der Waals surface area contributed by atoms with Crippen molar-refractivity contribution in [2.45, 2.75) is 38.1 Å². The zero-order valence-electron chi connectivity index (χ0n) is 15.8. The molecule has 6 nitrogen and oxygen atoms in total. The minimum atomic E-state index is -4.54. The molecule has 1 atom stereocenters. The van der Waals surface area contributed by atoms with Gasteiger partial charge >= 0.3 is 6.18 Å². The number of hydrogen-bond acceptors (Lipinski definition) is 6. The van der Waals surface area contributed by atoms with Crippen molar-refractivity contribution in [3.8, 4) is 17.0 Å². The summed E-state index contributed by atoms with van der Waals surface area (Å²) in [4.78, 5) is 4.14. The second kappa shape index (κ2) is 6.84. The SMILES string of the molecule is CC1(C)OCCC1Nc1nnc(-c2ccc(C(F)(F)F)cc2O)c2ccncc12. The number of alkyl halides is 3. The molecule has 1 saturated heterocycles. The van der Waals surface area contributed by atoms with Crippen LogP contribution in [-0.2, 0) is 10.9 Å². The van der Waals surface area contributed by atoms with Gasteiger partial charge in [0, 0.05) is 35.3 Å². The number of aromatic hydroxyl groups is 1. The molecule has 0 saturated carbocycles. The van der Waals surface area contributed by atoms with Crippen LogP contribution in [0.3, 0.4) is 0 Å². The molecule has 2 aromatic heterocycles. The fourth-order valence-electron chi connectivity index (χ4n) is 3.51. The third-order valence-corrected chi connectivity index (χ3v) is 5.19. The highest BCUT2D eigenvalue weighted by molar-refractivity contribution is 6.00. The van der Waals surface area contributed by atoms with E-state index in [2.05, 4.69) is 20.5 Å². The summed E-state index contributed by atoms with van der Waals surface area (Å²) in [6, 6.07) is 4.51. The summed E-state index contributed by atoms with van der Waals surface area (Å²) >= 11 is 0. The number of rotatable bonds is 3. The number of aromatic nitrogens is 3. The molecule has 9 heteroatoms. The van der Waals surface area contributed by atoms with Gasteiger partial charge in [-0.15, -0.1) is 10.2 Å². The van der Waals surface area contributed by atoms with Gasteiger partial charge in [0.25, 0.3) is 0 Å². The highest BCUT2D eigenvalue weighted by Crippen LogP contribution is 2.39. The van der Waals surface area contributed by atoms with E-state index in [1.165, 1.54) is 6.07 Å². The summed E-state index contributed by atoms with van der Waals surface area (Å²) in [6.07, 6.45) is -0.573. The Balaban J connectivity index is 1.78. The molecule has 2 N–H and O–H groups in total. The van der Waals surface area contributed by atoms with Crippen molar-refractivity contribution >= 4 is 16.6 Å². The number of phenolic OH excluding ortho intramolecular Hbond substituents is 1. The lowest BCUT2D eigenvalue weighted by molar-refractivity contribution is -0.137. The fourth-order valence-corrected chi connectivity index (χ4v) is 3.51. The second-order valence-corrected chi connectivity index (χ2v) is 7.49. The molecule has 1 aliphatic heterocycles. The van der Waals surface area contributed by atoms with Crippen molar-refractivity contribution < 1.29 is 23.0 Å². The van der Waals surface area contributed by atoms with Gasteiger partial charge in [-0.3, -0.25) is 4.98 Å². The molecule has 0 spiro atoms. The molecular formula is C20H19F3N4O2. The number of anilines is 1. The molecule has 1 aliphatic rings. The monoisotopic (exact) mass is 404 g/mol. The Morgan fingerprint density at radius 3 is 2.62 bits per heavy atom. The summed E-state index contributed by atoms with van der Waals surface area (Å²) in [5, 5.41) is 23.3. The first-order valence-corrected chi connectivity index (χ1v) is 9.08. The maximum atomic E-state index is 12.9. The van der Waals surface area contributed by atoms with Crippen molar-refractivity contribution in [1.29, 1.82) is 0 Å². The van der Waals surface area contributed by atoms with Gasteiger partial charge in [0.2, 0.25) is 0 Å². The molecule has 3 heterocycles. The van der Waals surface area contributed by atoms with Gasteiger partial charge in [-0.05, 0) is 44.5 Å². The molecule has 1 aromatic carbocycles. The van der Waals surface area contributed by atoms with E-state index in [1.54, 1.807) is 18.5 Å². The Bertz CT molecular complexity index is 1070. The molecule has 3 aromatic rings. The zero-order valence-corrected chi connectivity index (χ0v) is 15.8. The smallest absolute Gasteiger partial charge is 0.416 e. The third-order valence-electron chi connectivity index (χ3n) is 5.19. The van der Waals surface area contributed by atoms with E-state index in [9.17, 15) is 18.3 Å². The van der Waals surface area contributed by atoms with Crippen LogP contribution < -0.4 is 5.32 Å². The van der Waals surface area contributed by atoms with Crippen LogP contribution in [0.25, 0.3) is 22.0 Å². The topological polar surface area (TPSA) is 80.2 Å². The number of halogens is 3. The van der Waals surface area contributed by atoms with Crippen LogP contribution in [0.15, 0.2) is 36.7 Å². The lowest BCUT2D eigenvalue weighted by Crippen LogP contribution is -2.38. The van der Waals surface area contributed by atoms with Crippen molar-refractivity contribution in [1.82, 2.24) is 15.2 Å². The van der Waals surface area contributed by atoms with E-state index >= 15 is 0 Å². The van der Waals surface area contributed by atoms with Gasteiger partial charge < -0.3 is 15.2 Å². The molecule has 29 heavy (non-hydrogen) atoms. The number of phenols is 1. The molecular weight excluding hydrogens is 385 g/mol. The van der Waals surface area contributed by atoms with E-state index in [0.717, 1.165) is 12.5 Å². The maximum Gasteiger partial charge on any atom is 0.416 e. The molecule has 0 radical (unpaired) electrons. The second-order valence-electron chi connectivity index (χ2n) is 7.49. The van der Waals surface area contributed by atoms with Crippen molar-refractivity contribution in [2.75, 3.05) is 11.9 Å². The average Bonchev–Trinajstić information content (AvgIpc) is 2.99. The Morgan fingerprint density at radius 2 is 1.97 bits per heavy atom. The van der Waals surface area contributed by atoms with Crippen LogP contribution in [0.1, 0.15) is 25.8 Å². The lowest BCUT2D eigenvalue weighted by atomic mass is 9.98. The largest absolute Gasteiger partial charge is 0.507 e. The summed E-state index contributed by atoms with van der Waals surface area (Å²) in [5.74, 6) is -0.00917. The van der Waals surface area contributed by atoms with E-state index in [4.69, 9.17) is 4.74 Å². The van der Waals surface area contributed by atoms with E-state index < -0.39 is 17.5 Å². The summed E-state index contributed by atoms with van der Waals surface area (Å²) in [7, 11) is 0. The minimum Gasteiger partial charge on any atom is -0.507 e. The molecule has 0 aliphatic carbocycles. The van der Waals surface area contributed by atoms with Crippen molar-refractivity contribution in [3.05, 3.63) is 42.2 Å². The third kappa shape index (κ3) is 3.57. The van der Waals surface area contributed by atoms with Crippen molar-refractivity contribution in [3.63, 3.8) is 0 Å². The maximum absolute atomic E-state index is 12.9. The molecule has 4 rings (SSSR count). The van der Waals surface area contributed by atoms with Gasteiger partial charge in [-0.1, -0.05) is 0 Å². The Kier molecular flexibility index (Phi) is 4.57. The Labute approximate surface area is 164 Å². The van der Waals surface area contributed by atoms with E-state index in [1.807, 2.05) is 13.8 Å². The normalized spacial score (nSPS) is 18.9. The number of pyridine rings is 1. The first kappa shape index (κ1) is 19.4. The van der Waals surface area contributed by atoms with Gasteiger partial charge in [0.05, 0.1) is 17.2 Å². The summed E-state index contributed by atoms with van der Waals surface area (Å²) in [6.45, 7) is 4.60. The van der Waals surface area contributed by atoms with Crippen LogP contribution in [0.5, 0.6) is 5.75 Å². The van der Waals surface area contributed by atoms with Gasteiger partial charge in [0.1, 0.15) is 11.4 Å². The lowest BCUT2D eigenvalue weighted by Gasteiger charge is -2.27. The minimum absolute atomic E-state index is 0.0190. The highest BCUT2D eigenvalue weighted by Gasteiger charge is 2.36. The zero-order chi connectivity index (χ0) is 20.8. The molecule has 1 unspecified atom stereocenters. The molecule has 0 amide bonds. The summed E-state index contributed by atoms with van der Waals surface area (Å²) < 4.78 is 44.4. The molecule has 152 valence electrons. The van der Waals surface area contributed by atoms with Crippen molar-refractivity contribution in [2.24, 2.45) is 0 Å². The highest BCUT2D eigenvalue weighted by atomic mass is 19.4. The van der Waals surface area contributed by atoms with Gasteiger partial charge in [-0.2, -0.15) is 13.2 Å².